The third-order valence-electron chi connectivity index (χ3n) is 12.9. The number of ether oxygens (including phenoxy) is 4. The van der Waals surface area contributed by atoms with Gasteiger partial charge in [-0.2, -0.15) is 31.6 Å². The Hall–Kier alpha value is -7.73. The first-order valence-electron chi connectivity index (χ1n) is 24.1. The molecule has 0 saturated heterocycles. The molecular weight excluding hydrogens is 1370 g/mol. The molecule has 428 valence electrons. The Labute approximate surface area is 509 Å². The minimum absolute atomic E-state index is 0.0408. The number of hydrogen-bond acceptors (Lipinski definition) is 15. The lowest BCUT2D eigenvalue weighted by molar-refractivity contribution is -0.138. The number of aromatic nitrogens is 6. The Morgan fingerprint density at radius 3 is 1.58 bits per heavy atom. The van der Waals surface area contributed by atoms with Crippen molar-refractivity contribution in [3.05, 3.63) is 173 Å². The molecule has 0 amide bonds. The number of carbonyl (C=O) groups is 2. The van der Waals surface area contributed by atoms with Gasteiger partial charge in [0.25, 0.3) is 11.1 Å². The van der Waals surface area contributed by atoms with Gasteiger partial charge in [0.1, 0.15) is 36.4 Å². The van der Waals surface area contributed by atoms with Crippen molar-refractivity contribution in [3.8, 4) is 39.8 Å². The van der Waals surface area contributed by atoms with Crippen LogP contribution in [0.25, 0.3) is 69.3 Å². The number of aryl methyl sites for hydroxylation is 2. The predicted octanol–water partition coefficient (Wildman–Crippen LogP) is 14.8. The van der Waals surface area contributed by atoms with E-state index in [1.165, 1.54) is 53.0 Å². The van der Waals surface area contributed by atoms with E-state index in [4.69, 9.17) is 48.7 Å². The van der Waals surface area contributed by atoms with E-state index in [-0.39, 0.29) is 67.8 Å². The zero-order chi connectivity index (χ0) is 60.7. The number of halogens is 10. The second-order valence-electron chi connectivity index (χ2n) is 17.8. The van der Waals surface area contributed by atoms with E-state index in [1.54, 1.807) is 107 Å². The van der Waals surface area contributed by atoms with Crippen molar-refractivity contribution in [1.82, 2.24) is 29.1 Å². The molecule has 6 aromatic heterocycles. The molecule has 10 rings (SSSR count). The number of nitriles is 1. The molecule has 4 aromatic carbocycles. The minimum Gasteiger partial charge on any atom is -0.491 e. The van der Waals surface area contributed by atoms with Crippen LogP contribution < -0.4 is 20.6 Å². The fourth-order valence-electron chi connectivity index (χ4n) is 9.05. The zero-order valence-electron chi connectivity index (χ0n) is 43.4. The average Bonchev–Trinajstić information content (AvgIpc) is 1.48. The van der Waals surface area contributed by atoms with Gasteiger partial charge in [0.05, 0.1) is 110 Å². The van der Waals surface area contributed by atoms with Crippen LogP contribution in [0.5, 0.6) is 11.5 Å². The number of thiophene rings is 2. The summed E-state index contributed by atoms with van der Waals surface area (Å²) in [5.41, 5.74) is -1.20. The molecule has 84 heavy (non-hydrogen) atoms. The lowest BCUT2D eigenvalue weighted by Crippen LogP contribution is -2.27. The van der Waals surface area contributed by atoms with Crippen LogP contribution in [0.1, 0.15) is 49.1 Å². The molecule has 0 saturated carbocycles. The van der Waals surface area contributed by atoms with Crippen molar-refractivity contribution in [2.75, 3.05) is 27.4 Å². The molecule has 0 N–H and O–H groups in total. The molecule has 0 aliphatic heterocycles. The van der Waals surface area contributed by atoms with Gasteiger partial charge in [-0.15, -0.1) is 22.7 Å². The minimum atomic E-state index is -4.92. The second kappa shape index (κ2) is 24.5. The molecule has 0 bridgehead atoms. The summed E-state index contributed by atoms with van der Waals surface area (Å²) < 4.78 is 107. The van der Waals surface area contributed by atoms with Gasteiger partial charge in [-0.05, 0) is 113 Å². The summed E-state index contributed by atoms with van der Waals surface area (Å²) in [5, 5.41) is 13.5. The Morgan fingerprint density at radius 1 is 0.714 bits per heavy atom. The van der Waals surface area contributed by atoms with E-state index in [2.05, 4.69) is 40.7 Å². The zero-order valence-corrected chi connectivity index (χ0v) is 50.2. The van der Waals surface area contributed by atoms with Gasteiger partial charge >= 0.3 is 24.3 Å². The van der Waals surface area contributed by atoms with Crippen molar-refractivity contribution >= 4 is 144 Å². The van der Waals surface area contributed by atoms with Crippen LogP contribution in [0, 0.1) is 35.3 Å². The Kier molecular flexibility index (Phi) is 17.7. The highest BCUT2D eigenvalue weighted by Crippen LogP contribution is 2.44. The number of carbonyl (C=O) groups excluding carboxylic acids is 2. The first kappa shape index (κ1) is 60.8. The van der Waals surface area contributed by atoms with Crippen LogP contribution >= 0.6 is 84.4 Å². The molecule has 0 aliphatic carbocycles. The number of rotatable bonds is 12. The van der Waals surface area contributed by atoms with Crippen LogP contribution in [0.4, 0.5) is 32.0 Å². The van der Waals surface area contributed by atoms with Crippen molar-refractivity contribution in [1.29, 1.82) is 5.26 Å². The molecule has 0 atom stereocenters. The van der Waals surface area contributed by atoms with Gasteiger partial charge < -0.3 is 18.9 Å². The first-order valence-corrected chi connectivity index (χ1v) is 28.4. The molecule has 10 aromatic rings. The van der Waals surface area contributed by atoms with E-state index in [1.807, 2.05) is 0 Å². The van der Waals surface area contributed by atoms with Crippen molar-refractivity contribution < 1.29 is 54.9 Å². The van der Waals surface area contributed by atoms with Gasteiger partial charge in [-0.3, -0.25) is 28.7 Å². The fraction of sp³-hybridized carbons (Fsp3) is 0.179. The van der Waals surface area contributed by atoms with Gasteiger partial charge in [-0.25, -0.2) is 24.4 Å². The Morgan fingerprint density at radius 2 is 1.15 bits per heavy atom. The molecule has 0 radical (unpaired) electrons. The normalized spacial score (nSPS) is 11.6. The third kappa shape index (κ3) is 11.7. The average molecular weight is 1400 g/mol. The number of hydrogen-bond donors (Lipinski definition) is 0. The predicted molar refractivity (Wildman–Crippen MR) is 317 cm³/mol. The molecule has 16 nitrogen and oxygen atoms in total. The van der Waals surface area contributed by atoms with Crippen LogP contribution in [0.2, 0.25) is 10.0 Å². The van der Waals surface area contributed by atoms with Crippen molar-refractivity contribution in [3.63, 3.8) is 0 Å². The van der Waals surface area contributed by atoms with Crippen molar-refractivity contribution in [2.45, 2.75) is 39.3 Å². The number of benzene rings is 4. The monoisotopic (exact) mass is 1400 g/mol. The standard InChI is InChI=1S/C29H17ClF3N5O4S.C27H17BrClF3IN3O4S/c1-14-37-21-11-20(29(31,32)33)24(35-2)18(12-34)23(21)27(39)38(14)8-9-42-22-5-4-15(30)10-17(22)16-6-7-36-25-19(28(40)41-3)13-43-26(16)25;1-12-35-18-10-17(27(30,31)32)22(33)21(28)20(18)25(37)36(12)7-8-40-19-4-3-13(29)9-15(19)14-5-6-34-23-16(26(38)39-2)11-41-24(14)23/h4-7,10-11,13H,8-9H2,1,3H3;3-6,9-11H,7-8H2,1-2H3. The van der Waals surface area contributed by atoms with Crippen LogP contribution in [0.15, 0.2) is 97.9 Å². The number of pyridine rings is 2. The molecule has 28 heteroatoms. The van der Waals surface area contributed by atoms with E-state index in [0.29, 0.717) is 71.2 Å². The highest BCUT2D eigenvalue weighted by molar-refractivity contribution is 14.1. The van der Waals surface area contributed by atoms with E-state index in [9.17, 15) is 50.8 Å². The maximum atomic E-state index is 13.6. The molecule has 0 aliphatic rings. The quantitative estimate of drug-likeness (QED) is 0.0485. The topological polar surface area (TPSA) is 195 Å². The SMILES string of the molecule is COC(=O)c1csc2c(-c3cc(Cl)ccc3OCCn3c(C)nc4cc(C(F)(F)F)c(I)c(Br)c4c3=O)ccnc12.[C-]#[N+]c1c(C(F)(F)F)cc2nc(C)n(CCOc3ccc(Cl)cc3-c3ccnc4c(C(=O)OC)csc34)c(=O)c2c1C#N. The molecule has 0 unspecified atom stereocenters. The summed E-state index contributed by atoms with van der Waals surface area (Å²) in [6.45, 7) is 10.2. The van der Waals surface area contributed by atoms with Crippen LogP contribution in [-0.4, -0.2) is 68.4 Å². The molecular formula is C56H34BrCl2F6IN8O8S2. The summed E-state index contributed by atoms with van der Waals surface area (Å²) in [6, 6.07) is 16.7. The van der Waals surface area contributed by atoms with Crippen LogP contribution in [0.3, 0.4) is 0 Å². The maximum absolute atomic E-state index is 13.6. The van der Waals surface area contributed by atoms with Gasteiger partial charge in [0.15, 0.2) is 0 Å². The summed E-state index contributed by atoms with van der Waals surface area (Å²) in [6.07, 6.45) is -6.39. The number of esters is 2. The second-order valence-corrected chi connectivity index (χ2v) is 22.3. The molecule has 6 heterocycles. The van der Waals surface area contributed by atoms with Crippen molar-refractivity contribution in [2.24, 2.45) is 0 Å². The lowest BCUT2D eigenvalue weighted by atomic mass is 10.0. The summed E-state index contributed by atoms with van der Waals surface area (Å²) in [5.74, 6) is 0.181. The third-order valence-corrected chi connectivity index (χ3v) is 18.0. The number of alkyl halides is 6. The fourth-order valence-corrected chi connectivity index (χ4v) is 12.8. The van der Waals surface area contributed by atoms with E-state index < -0.39 is 57.8 Å². The lowest BCUT2D eigenvalue weighted by Gasteiger charge is -2.17. The summed E-state index contributed by atoms with van der Waals surface area (Å²) in [4.78, 5) is 71.2. The Balaban J connectivity index is 0.000000202. The first-order chi connectivity index (χ1) is 39.9. The number of methoxy groups -OCH3 is 2. The molecule has 0 spiro atoms. The molecule has 0 fully saturated rings. The van der Waals surface area contributed by atoms with E-state index in [0.717, 1.165) is 16.3 Å². The highest BCUT2D eigenvalue weighted by atomic mass is 127. The summed E-state index contributed by atoms with van der Waals surface area (Å²) in [7, 11) is 2.58. The Bertz CT molecular complexity index is 4580. The van der Waals surface area contributed by atoms with E-state index >= 15 is 0 Å². The van der Waals surface area contributed by atoms with Gasteiger partial charge in [0.2, 0.25) is 5.69 Å². The number of nitrogens with zero attached hydrogens (tertiary/aromatic N) is 8. The number of fused-ring (bicyclic) bond motifs is 4. The summed E-state index contributed by atoms with van der Waals surface area (Å²) >= 11 is 20.0. The highest BCUT2D eigenvalue weighted by Gasteiger charge is 2.37. The maximum Gasteiger partial charge on any atom is 0.417 e. The van der Waals surface area contributed by atoms with Gasteiger partial charge in [0, 0.05) is 63.5 Å². The largest absolute Gasteiger partial charge is 0.491 e. The van der Waals surface area contributed by atoms with Gasteiger partial charge in [-0.1, -0.05) is 23.2 Å². The smallest absolute Gasteiger partial charge is 0.417 e. The van der Waals surface area contributed by atoms with Crippen LogP contribution in [-0.2, 0) is 34.9 Å².